The summed E-state index contributed by atoms with van der Waals surface area (Å²) in [5.74, 6) is 0.556. The van der Waals surface area contributed by atoms with Crippen molar-refractivity contribution in [2.45, 2.75) is 45.6 Å². The summed E-state index contributed by atoms with van der Waals surface area (Å²) >= 11 is 0. The number of nitrogens with two attached hydrogens (primary N) is 1. The van der Waals surface area contributed by atoms with Gasteiger partial charge in [-0.2, -0.15) is 0 Å². The molecule has 1 aromatic rings. The quantitative estimate of drug-likeness (QED) is 0.825. The van der Waals surface area contributed by atoms with Gasteiger partial charge in [-0.3, -0.25) is 4.68 Å². The van der Waals surface area contributed by atoms with Crippen molar-refractivity contribution >= 4 is 0 Å². The smallest absolute Gasteiger partial charge is 0.0830 e. The summed E-state index contributed by atoms with van der Waals surface area (Å²) in [6.45, 7) is 4.67. The van der Waals surface area contributed by atoms with Gasteiger partial charge in [0.2, 0.25) is 0 Å². The molecule has 0 amide bonds. The fourth-order valence-electron chi connectivity index (χ4n) is 2.74. The molecule has 0 spiro atoms. The van der Waals surface area contributed by atoms with Crippen molar-refractivity contribution in [2.75, 3.05) is 0 Å². The van der Waals surface area contributed by atoms with Gasteiger partial charge in [0.1, 0.15) is 0 Å². The van der Waals surface area contributed by atoms with Crippen LogP contribution in [-0.4, -0.2) is 21.0 Å². The Hall–Kier alpha value is -0.900. The second kappa shape index (κ2) is 4.17. The normalized spacial score (nSPS) is 29.2. The molecule has 1 aliphatic carbocycles. The molecule has 1 heterocycles. The highest BCUT2D eigenvalue weighted by Gasteiger charge is 2.33. The molecule has 2 atom stereocenters. The minimum Gasteiger partial charge on any atom is -0.327 e. The maximum absolute atomic E-state index is 6.20. The van der Waals surface area contributed by atoms with Crippen LogP contribution in [0.3, 0.4) is 0 Å². The van der Waals surface area contributed by atoms with Crippen LogP contribution in [0, 0.1) is 11.3 Å². The molecule has 2 N–H and O–H groups in total. The largest absolute Gasteiger partial charge is 0.327 e. The van der Waals surface area contributed by atoms with Gasteiger partial charge in [0.25, 0.3) is 0 Å². The number of aryl methyl sites for hydroxylation is 1. The molecule has 0 radical (unpaired) electrons. The minimum atomic E-state index is 0.329. The van der Waals surface area contributed by atoms with E-state index in [9.17, 15) is 0 Å². The van der Waals surface area contributed by atoms with Gasteiger partial charge < -0.3 is 5.73 Å². The maximum atomic E-state index is 6.20. The first kappa shape index (κ1) is 11.6. The molecule has 2 unspecified atom stereocenters. The van der Waals surface area contributed by atoms with Crippen LogP contribution in [0.15, 0.2) is 6.20 Å². The molecule has 1 saturated carbocycles. The SMILES string of the molecule is Cn1cc(CC2CC(C)(C)CCC2N)nn1. The predicted octanol–water partition coefficient (Wildman–Crippen LogP) is 1.51. The summed E-state index contributed by atoms with van der Waals surface area (Å²) in [4.78, 5) is 0. The first-order valence-electron chi connectivity index (χ1n) is 6.07. The zero-order chi connectivity index (χ0) is 11.8. The first-order chi connectivity index (χ1) is 7.46. The fourth-order valence-corrected chi connectivity index (χ4v) is 2.74. The molecule has 4 nitrogen and oxygen atoms in total. The van der Waals surface area contributed by atoms with Crippen LogP contribution in [0.25, 0.3) is 0 Å². The lowest BCUT2D eigenvalue weighted by atomic mass is 9.69. The second-order valence-corrected chi connectivity index (χ2v) is 5.92. The summed E-state index contributed by atoms with van der Waals surface area (Å²) in [6.07, 6.45) is 6.54. The zero-order valence-corrected chi connectivity index (χ0v) is 10.5. The predicted molar refractivity (Wildman–Crippen MR) is 63.8 cm³/mol. The summed E-state index contributed by atoms with van der Waals surface area (Å²) < 4.78 is 1.76. The van der Waals surface area contributed by atoms with E-state index in [0.29, 0.717) is 17.4 Å². The van der Waals surface area contributed by atoms with E-state index in [0.717, 1.165) is 18.5 Å². The molecular weight excluding hydrogens is 200 g/mol. The lowest BCUT2D eigenvalue weighted by Gasteiger charge is -2.39. The maximum Gasteiger partial charge on any atom is 0.0830 e. The summed E-state index contributed by atoms with van der Waals surface area (Å²) in [5.41, 5.74) is 7.70. The number of aromatic nitrogens is 3. The molecular formula is C12H22N4. The van der Waals surface area contributed by atoms with E-state index < -0.39 is 0 Å². The van der Waals surface area contributed by atoms with Gasteiger partial charge in [-0.1, -0.05) is 19.1 Å². The molecule has 16 heavy (non-hydrogen) atoms. The number of hydrogen-bond acceptors (Lipinski definition) is 3. The van der Waals surface area contributed by atoms with Gasteiger partial charge in [-0.25, -0.2) is 0 Å². The van der Waals surface area contributed by atoms with Gasteiger partial charge in [-0.05, 0) is 37.0 Å². The molecule has 1 aliphatic rings. The lowest BCUT2D eigenvalue weighted by Crippen LogP contribution is -2.40. The molecule has 0 bridgehead atoms. The van der Waals surface area contributed by atoms with Crippen molar-refractivity contribution < 1.29 is 0 Å². The van der Waals surface area contributed by atoms with Gasteiger partial charge in [0, 0.05) is 19.3 Å². The van der Waals surface area contributed by atoms with E-state index in [2.05, 4.69) is 24.2 Å². The number of rotatable bonds is 2. The van der Waals surface area contributed by atoms with Crippen LogP contribution in [0.4, 0.5) is 0 Å². The highest BCUT2D eigenvalue weighted by Crippen LogP contribution is 2.39. The Bertz CT molecular complexity index is 356. The van der Waals surface area contributed by atoms with Crippen molar-refractivity contribution in [1.29, 1.82) is 0 Å². The van der Waals surface area contributed by atoms with E-state index in [1.54, 1.807) is 4.68 Å². The van der Waals surface area contributed by atoms with Crippen LogP contribution in [0.5, 0.6) is 0 Å². The topological polar surface area (TPSA) is 56.7 Å². The first-order valence-corrected chi connectivity index (χ1v) is 6.07. The standard InChI is InChI=1S/C12H22N4/c1-12(2)5-4-11(13)9(7-12)6-10-8-16(3)15-14-10/h8-9,11H,4-7,13H2,1-3H3. The Morgan fingerprint density at radius 1 is 1.56 bits per heavy atom. The van der Waals surface area contributed by atoms with Crippen LogP contribution < -0.4 is 5.73 Å². The van der Waals surface area contributed by atoms with Crippen molar-refractivity contribution in [1.82, 2.24) is 15.0 Å². The third kappa shape index (κ3) is 2.61. The highest BCUT2D eigenvalue weighted by atomic mass is 15.4. The third-order valence-corrected chi connectivity index (χ3v) is 3.70. The van der Waals surface area contributed by atoms with Crippen molar-refractivity contribution in [2.24, 2.45) is 24.1 Å². The molecule has 4 heteroatoms. The molecule has 0 aromatic carbocycles. The molecule has 2 rings (SSSR count). The fraction of sp³-hybridized carbons (Fsp3) is 0.833. The average Bonchev–Trinajstić information content (AvgIpc) is 2.58. The molecule has 0 saturated heterocycles. The number of hydrogen-bond donors (Lipinski definition) is 1. The Kier molecular flexibility index (Phi) is 3.02. The van der Waals surface area contributed by atoms with Gasteiger partial charge in [-0.15, -0.1) is 5.10 Å². The van der Waals surface area contributed by atoms with Crippen LogP contribution >= 0.6 is 0 Å². The van der Waals surface area contributed by atoms with E-state index in [-0.39, 0.29) is 0 Å². The molecule has 1 fully saturated rings. The van der Waals surface area contributed by atoms with E-state index in [1.807, 2.05) is 13.2 Å². The summed E-state index contributed by atoms with van der Waals surface area (Å²) in [7, 11) is 1.90. The van der Waals surface area contributed by atoms with Gasteiger partial charge in [0.15, 0.2) is 0 Å². The van der Waals surface area contributed by atoms with E-state index in [1.165, 1.54) is 12.8 Å². The Morgan fingerprint density at radius 2 is 2.31 bits per heavy atom. The zero-order valence-electron chi connectivity index (χ0n) is 10.5. The van der Waals surface area contributed by atoms with Gasteiger partial charge >= 0.3 is 0 Å². The Balaban J connectivity index is 2.02. The van der Waals surface area contributed by atoms with Crippen molar-refractivity contribution in [3.05, 3.63) is 11.9 Å². The minimum absolute atomic E-state index is 0.329. The van der Waals surface area contributed by atoms with E-state index in [4.69, 9.17) is 5.73 Å². The third-order valence-electron chi connectivity index (χ3n) is 3.70. The summed E-state index contributed by atoms with van der Waals surface area (Å²) in [6, 6.07) is 0.329. The average molecular weight is 222 g/mol. The highest BCUT2D eigenvalue weighted by molar-refractivity contribution is 4.98. The van der Waals surface area contributed by atoms with Crippen LogP contribution in [0.1, 0.15) is 38.8 Å². The Morgan fingerprint density at radius 3 is 2.94 bits per heavy atom. The summed E-state index contributed by atoms with van der Waals surface area (Å²) in [5, 5.41) is 8.12. The van der Waals surface area contributed by atoms with Crippen LogP contribution in [0.2, 0.25) is 0 Å². The Labute approximate surface area is 97.2 Å². The number of nitrogens with zero attached hydrogens (tertiary/aromatic N) is 3. The van der Waals surface area contributed by atoms with E-state index >= 15 is 0 Å². The van der Waals surface area contributed by atoms with Crippen LogP contribution in [-0.2, 0) is 13.5 Å². The molecule has 1 aromatic heterocycles. The monoisotopic (exact) mass is 222 g/mol. The molecule has 0 aliphatic heterocycles. The lowest BCUT2D eigenvalue weighted by molar-refractivity contribution is 0.156. The molecule has 90 valence electrons. The van der Waals surface area contributed by atoms with Gasteiger partial charge in [0.05, 0.1) is 5.69 Å². The second-order valence-electron chi connectivity index (χ2n) is 5.92. The van der Waals surface area contributed by atoms with Crippen molar-refractivity contribution in [3.8, 4) is 0 Å². The van der Waals surface area contributed by atoms with Crippen molar-refractivity contribution in [3.63, 3.8) is 0 Å².